The summed E-state index contributed by atoms with van der Waals surface area (Å²) in [5.41, 5.74) is 2.00. The van der Waals surface area contributed by atoms with Crippen molar-refractivity contribution >= 4 is 27.7 Å². The summed E-state index contributed by atoms with van der Waals surface area (Å²) in [6, 6.07) is 0. The minimum atomic E-state index is -0.0823. The lowest BCUT2D eigenvalue weighted by Gasteiger charge is -2.06. The van der Waals surface area contributed by atoms with Crippen molar-refractivity contribution in [3.63, 3.8) is 0 Å². The van der Waals surface area contributed by atoms with Crippen molar-refractivity contribution in [1.82, 2.24) is 0 Å². The highest BCUT2D eigenvalue weighted by atomic mass is 35.5. The molecule has 1 unspecified atom stereocenters. The molecule has 4 heteroatoms. The van der Waals surface area contributed by atoms with Crippen molar-refractivity contribution in [2.45, 2.75) is 19.8 Å². The molecule has 1 heterocycles. The standard InChI is InChI=1S/C15H19ClO2S/c1-4-13(10-15-7-8-19(3)18-15)6-5-12(2)9-14(16)11-17/h4-8,11,17H,2,9-10H2,1,3H3. The third-order valence-corrected chi connectivity index (χ3v) is 3.73. The summed E-state index contributed by atoms with van der Waals surface area (Å²) in [6.07, 6.45) is 12.2. The van der Waals surface area contributed by atoms with Crippen LogP contribution in [0.4, 0.5) is 0 Å². The lowest BCUT2D eigenvalue weighted by molar-refractivity contribution is 0.469. The molecule has 104 valence electrons. The monoisotopic (exact) mass is 298 g/mol. The van der Waals surface area contributed by atoms with E-state index in [1.54, 1.807) is 0 Å². The minimum absolute atomic E-state index is 0.0823. The van der Waals surface area contributed by atoms with E-state index in [9.17, 15) is 0 Å². The number of aliphatic hydroxyl groups excluding tert-OH is 1. The van der Waals surface area contributed by atoms with Gasteiger partial charge in [0, 0.05) is 24.5 Å². The molecule has 1 aliphatic rings. The summed E-state index contributed by atoms with van der Waals surface area (Å²) in [5, 5.41) is 11.2. The quantitative estimate of drug-likeness (QED) is 0.425. The summed E-state index contributed by atoms with van der Waals surface area (Å²) in [5.74, 6) is 0.988. The predicted octanol–water partition coefficient (Wildman–Crippen LogP) is 4.99. The first-order valence-corrected chi connectivity index (χ1v) is 7.92. The van der Waals surface area contributed by atoms with Crippen LogP contribution >= 0.6 is 22.4 Å². The molecular formula is C15H19ClO2S. The van der Waals surface area contributed by atoms with Crippen LogP contribution in [0.15, 0.2) is 59.1 Å². The van der Waals surface area contributed by atoms with Crippen LogP contribution in [-0.4, -0.2) is 16.7 Å². The van der Waals surface area contributed by atoms with E-state index >= 15 is 0 Å². The van der Waals surface area contributed by atoms with E-state index in [2.05, 4.69) is 11.9 Å². The molecule has 0 spiro atoms. The molecule has 19 heavy (non-hydrogen) atoms. The van der Waals surface area contributed by atoms with E-state index < -0.39 is 0 Å². The fourth-order valence-corrected chi connectivity index (χ4v) is 2.51. The first-order chi connectivity index (χ1) is 9.05. The Balaban J connectivity index is 2.52. The molecule has 0 amide bonds. The molecule has 0 saturated carbocycles. The second kappa shape index (κ2) is 8.08. The Bertz CT molecular complexity index is 496. The maximum Gasteiger partial charge on any atom is 0.118 e. The van der Waals surface area contributed by atoms with Crippen LogP contribution in [0.25, 0.3) is 0 Å². The maximum atomic E-state index is 8.72. The summed E-state index contributed by atoms with van der Waals surface area (Å²) >= 11 is 5.73. The molecule has 0 aliphatic carbocycles. The van der Waals surface area contributed by atoms with Gasteiger partial charge in [-0.15, -0.1) is 0 Å². The predicted molar refractivity (Wildman–Crippen MR) is 86.6 cm³/mol. The van der Waals surface area contributed by atoms with E-state index in [1.165, 1.54) is 0 Å². The normalized spacial score (nSPS) is 20.2. The molecule has 1 aliphatic heterocycles. The van der Waals surface area contributed by atoms with Gasteiger partial charge in [-0.1, -0.05) is 36.4 Å². The van der Waals surface area contributed by atoms with Crippen LogP contribution in [0.3, 0.4) is 0 Å². The first-order valence-electron chi connectivity index (χ1n) is 5.92. The number of halogens is 1. The number of hydrogen-bond acceptors (Lipinski definition) is 2. The van der Waals surface area contributed by atoms with Gasteiger partial charge in [0.1, 0.15) is 5.76 Å². The number of rotatable bonds is 6. The van der Waals surface area contributed by atoms with Gasteiger partial charge in [-0.05, 0) is 34.9 Å². The molecule has 1 atom stereocenters. The van der Waals surface area contributed by atoms with E-state index in [1.807, 2.05) is 37.5 Å². The number of allylic oxidation sites excluding steroid dienone is 7. The highest BCUT2D eigenvalue weighted by molar-refractivity contribution is 8.10. The first kappa shape index (κ1) is 15.9. The van der Waals surface area contributed by atoms with Crippen LogP contribution in [0, 0.1) is 0 Å². The topological polar surface area (TPSA) is 29.5 Å². The molecule has 0 aromatic heterocycles. The zero-order chi connectivity index (χ0) is 14.3. The van der Waals surface area contributed by atoms with E-state index in [4.69, 9.17) is 20.9 Å². The van der Waals surface area contributed by atoms with Crippen LogP contribution in [-0.2, 0) is 4.18 Å². The molecule has 1 rings (SSSR count). The molecule has 0 radical (unpaired) electrons. The Labute approximate surface area is 122 Å². The van der Waals surface area contributed by atoms with Crippen molar-refractivity contribution in [1.29, 1.82) is 0 Å². The van der Waals surface area contributed by atoms with Crippen molar-refractivity contribution in [3.05, 3.63) is 59.1 Å². The largest absolute Gasteiger partial charge is 0.514 e. The van der Waals surface area contributed by atoms with Gasteiger partial charge in [-0.2, -0.15) is 0 Å². The molecule has 0 fully saturated rings. The average molecular weight is 299 g/mol. The molecule has 1 N–H and O–H groups in total. The second-order valence-corrected chi connectivity index (χ2v) is 6.06. The Kier molecular flexibility index (Phi) is 6.74. The zero-order valence-electron chi connectivity index (χ0n) is 11.2. The van der Waals surface area contributed by atoms with Gasteiger partial charge in [0.2, 0.25) is 0 Å². The smallest absolute Gasteiger partial charge is 0.118 e. The summed E-state index contributed by atoms with van der Waals surface area (Å²) in [6.45, 7) is 5.89. The average Bonchev–Trinajstić information content (AvgIpc) is 2.79. The molecule has 0 saturated heterocycles. The van der Waals surface area contributed by atoms with E-state index in [-0.39, 0.29) is 10.8 Å². The van der Waals surface area contributed by atoms with Crippen molar-refractivity contribution < 1.29 is 9.29 Å². The third-order valence-electron chi connectivity index (χ3n) is 2.50. The lowest BCUT2D eigenvalue weighted by Crippen LogP contribution is -1.86. The maximum absolute atomic E-state index is 8.72. The molecule has 2 nitrogen and oxygen atoms in total. The lowest BCUT2D eigenvalue weighted by atomic mass is 10.1. The number of hydrogen-bond donors (Lipinski definition) is 1. The Hall–Kier alpha value is -1.19. The summed E-state index contributed by atoms with van der Waals surface area (Å²) in [7, 11) is -0.0823. The Morgan fingerprint density at radius 2 is 2.26 bits per heavy atom. The molecular weight excluding hydrogens is 280 g/mol. The van der Waals surface area contributed by atoms with E-state index in [0.717, 1.165) is 29.6 Å². The summed E-state index contributed by atoms with van der Waals surface area (Å²) < 4.78 is 5.66. The van der Waals surface area contributed by atoms with Gasteiger partial charge in [0.15, 0.2) is 0 Å². The number of aliphatic hydroxyl groups is 1. The minimum Gasteiger partial charge on any atom is -0.514 e. The Morgan fingerprint density at radius 3 is 2.79 bits per heavy atom. The van der Waals surface area contributed by atoms with Crippen LogP contribution < -0.4 is 0 Å². The van der Waals surface area contributed by atoms with Crippen molar-refractivity contribution in [2.24, 2.45) is 0 Å². The fourth-order valence-electron chi connectivity index (χ4n) is 1.49. The van der Waals surface area contributed by atoms with Gasteiger partial charge in [-0.3, -0.25) is 0 Å². The molecule has 0 aromatic carbocycles. The molecule has 0 bridgehead atoms. The van der Waals surface area contributed by atoms with Crippen LogP contribution in [0.2, 0.25) is 0 Å². The second-order valence-electron chi connectivity index (χ2n) is 4.14. The van der Waals surface area contributed by atoms with Crippen LogP contribution in [0.5, 0.6) is 0 Å². The van der Waals surface area contributed by atoms with Gasteiger partial charge in [0.05, 0.1) is 11.3 Å². The van der Waals surface area contributed by atoms with Crippen molar-refractivity contribution in [3.8, 4) is 0 Å². The van der Waals surface area contributed by atoms with Gasteiger partial charge >= 0.3 is 0 Å². The SMILES string of the molecule is C=C(C=CC(=CC)CC1=CC=S(C)O1)CC(Cl)=CO. The van der Waals surface area contributed by atoms with Gasteiger partial charge in [-0.25, -0.2) is 0 Å². The molecule has 0 aromatic rings. The summed E-state index contributed by atoms with van der Waals surface area (Å²) in [4.78, 5) is 0. The van der Waals surface area contributed by atoms with Gasteiger partial charge < -0.3 is 9.29 Å². The zero-order valence-corrected chi connectivity index (χ0v) is 12.8. The highest BCUT2D eigenvalue weighted by Gasteiger charge is 2.06. The third kappa shape index (κ3) is 5.99. The van der Waals surface area contributed by atoms with Gasteiger partial charge in [0.25, 0.3) is 0 Å². The fraction of sp³-hybridized carbons (Fsp3) is 0.267. The van der Waals surface area contributed by atoms with Crippen molar-refractivity contribution in [2.75, 3.05) is 6.26 Å². The Morgan fingerprint density at radius 1 is 1.53 bits per heavy atom. The van der Waals surface area contributed by atoms with Crippen LogP contribution in [0.1, 0.15) is 19.8 Å². The highest BCUT2D eigenvalue weighted by Crippen LogP contribution is 2.26. The van der Waals surface area contributed by atoms with E-state index in [0.29, 0.717) is 11.5 Å².